The van der Waals surface area contributed by atoms with Gasteiger partial charge in [-0.05, 0) is 50.2 Å². The van der Waals surface area contributed by atoms with Crippen molar-refractivity contribution in [3.63, 3.8) is 0 Å². The molecule has 2 aliphatic heterocycles. The molecule has 5 N–H and O–H groups in total. The van der Waals surface area contributed by atoms with Crippen molar-refractivity contribution in [1.29, 1.82) is 5.41 Å². The second-order valence-corrected chi connectivity index (χ2v) is 10.1. The SMILES string of the molecule is CNC1CCN(c2cccc(NC(=O)C(=N)CC3C(N)=NCCN3Cc3c(Cl)ccc(F)c3Cl)c2)CC1. The standard InChI is InChI=1S/C26H32Cl2FN7O/c1-32-16-7-10-35(11-8-16)18-4-2-3-17(13-18)34-26(37)22(30)14-23-25(31)33-9-12-36(23)15-19-20(27)5-6-21(29)24(19)28/h2-6,13,16,23,30,32H,7-12,14-15H2,1H3,(H2,31,33)(H,34,37). The molecule has 0 radical (unpaired) electrons. The number of hydrogen-bond donors (Lipinski definition) is 4. The molecule has 2 heterocycles. The maximum Gasteiger partial charge on any atom is 0.269 e. The maximum absolute atomic E-state index is 14.0. The van der Waals surface area contributed by atoms with E-state index in [1.165, 1.54) is 12.1 Å². The molecule has 8 nitrogen and oxygen atoms in total. The molecule has 4 rings (SSSR count). The molecule has 37 heavy (non-hydrogen) atoms. The number of anilines is 2. The molecule has 2 aromatic rings. The minimum absolute atomic E-state index is 0.0446. The summed E-state index contributed by atoms with van der Waals surface area (Å²) in [5.41, 5.74) is 8.16. The Balaban J connectivity index is 1.41. The summed E-state index contributed by atoms with van der Waals surface area (Å²) in [5.74, 6) is -0.748. The number of amides is 1. The summed E-state index contributed by atoms with van der Waals surface area (Å²) in [6, 6.07) is 10.4. The van der Waals surface area contributed by atoms with E-state index in [0.717, 1.165) is 31.6 Å². The molecule has 1 atom stereocenters. The summed E-state index contributed by atoms with van der Waals surface area (Å²) in [7, 11) is 1.99. The zero-order valence-electron chi connectivity index (χ0n) is 20.7. The lowest BCUT2D eigenvalue weighted by molar-refractivity contribution is -0.110. The van der Waals surface area contributed by atoms with Gasteiger partial charge in [-0.15, -0.1) is 0 Å². The van der Waals surface area contributed by atoms with Gasteiger partial charge in [-0.3, -0.25) is 20.1 Å². The van der Waals surface area contributed by atoms with E-state index in [-0.39, 0.29) is 23.7 Å². The first-order valence-electron chi connectivity index (χ1n) is 12.3. The van der Waals surface area contributed by atoms with Crippen LogP contribution in [0.2, 0.25) is 10.0 Å². The van der Waals surface area contributed by atoms with Crippen LogP contribution in [0.15, 0.2) is 41.4 Å². The fourth-order valence-electron chi connectivity index (χ4n) is 4.80. The van der Waals surface area contributed by atoms with Crippen molar-refractivity contribution in [3.8, 4) is 0 Å². The number of nitrogens with two attached hydrogens (primary N) is 1. The van der Waals surface area contributed by atoms with Crippen LogP contribution in [-0.4, -0.2) is 67.7 Å². The summed E-state index contributed by atoms with van der Waals surface area (Å²) in [4.78, 5) is 21.5. The van der Waals surface area contributed by atoms with E-state index >= 15 is 0 Å². The van der Waals surface area contributed by atoms with Crippen LogP contribution < -0.4 is 21.3 Å². The van der Waals surface area contributed by atoms with Crippen molar-refractivity contribution in [2.24, 2.45) is 10.7 Å². The number of halogens is 3. The molecular weight excluding hydrogens is 516 g/mol. The van der Waals surface area contributed by atoms with Crippen LogP contribution in [0.5, 0.6) is 0 Å². The quantitative estimate of drug-likeness (QED) is 0.296. The molecule has 11 heteroatoms. The van der Waals surface area contributed by atoms with E-state index in [9.17, 15) is 9.18 Å². The summed E-state index contributed by atoms with van der Waals surface area (Å²) in [5, 5.41) is 14.9. The number of nitrogens with one attached hydrogen (secondary N) is 3. The van der Waals surface area contributed by atoms with Crippen molar-refractivity contribution >= 4 is 52.0 Å². The second kappa shape index (κ2) is 12.2. The Kier molecular flexibility index (Phi) is 9.02. The lowest BCUT2D eigenvalue weighted by atomic mass is 10.0. The molecule has 198 valence electrons. The van der Waals surface area contributed by atoms with Gasteiger partial charge >= 0.3 is 0 Å². The first kappa shape index (κ1) is 27.3. The second-order valence-electron chi connectivity index (χ2n) is 9.35. The number of benzene rings is 2. The van der Waals surface area contributed by atoms with Crippen LogP contribution >= 0.6 is 23.2 Å². The number of nitrogens with zero attached hydrogens (tertiary/aromatic N) is 3. The van der Waals surface area contributed by atoms with E-state index in [4.69, 9.17) is 34.3 Å². The molecule has 2 aromatic carbocycles. The van der Waals surface area contributed by atoms with Gasteiger partial charge in [0.2, 0.25) is 0 Å². The van der Waals surface area contributed by atoms with Gasteiger partial charge in [0.05, 0.1) is 23.3 Å². The first-order valence-corrected chi connectivity index (χ1v) is 13.1. The third kappa shape index (κ3) is 6.59. The number of rotatable bonds is 8. The highest BCUT2D eigenvalue weighted by Gasteiger charge is 2.30. The maximum atomic E-state index is 14.0. The molecule has 0 spiro atoms. The Labute approximate surface area is 226 Å². The molecule has 1 amide bonds. The largest absolute Gasteiger partial charge is 0.386 e. The minimum Gasteiger partial charge on any atom is -0.386 e. The molecule has 1 fully saturated rings. The number of aliphatic imine (C=N–C) groups is 1. The predicted molar refractivity (Wildman–Crippen MR) is 149 cm³/mol. The smallest absolute Gasteiger partial charge is 0.269 e. The molecular formula is C26H32Cl2FN7O. The van der Waals surface area contributed by atoms with Crippen LogP contribution in [0.3, 0.4) is 0 Å². The summed E-state index contributed by atoms with van der Waals surface area (Å²) in [6.07, 6.45) is 2.16. The van der Waals surface area contributed by atoms with Crippen LogP contribution in [0, 0.1) is 11.2 Å². The topological polar surface area (TPSA) is 110 Å². The van der Waals surface area contributed by atoms with Crippen molar-refractivity contribution in [2.75, 3.05) is 43.4 Å². The number of carbonyl (C=O) groups excluding carboxylic acids is 1. The summed E-state index contributed by atoms with van der Waals surface area (Å²) < 4.78 is 14.0. The van der Waals surface area contributed by atoms with Gasteiger partial charge in [-0.1, -0.05) is 29.3 Å². The average molecular weight is 548 g/mol. The van der Waals surface area contributed by atoms with Crippen molar-refractivity contribution in [1.82, 2.24) is 10.2 Å². The van der Waals surface area contributed by atoms with Gasteiger partial charge < -0.3 is 21.3 Å². The zero-order valence-corrected chi connectivity index (χ0v) is 22.2. The van der Waals surface area contributed by atoms with Gasteiger partial charge in [0.1, 0.15) is 11.7 Å². The van der Waals surface area contributed by atoms with Gasteiger partial charge in [0.25, 0.3) is 5.91 Å². The van der Waals surface area contributed by atoms with Gasteiger partial charge in [-0.2, -0.15) is 0 Å². The van der Waals surface area contributed by atoms with Crippen LogP contribution in [0.25, 0.3) is 0 Å². The minimum atomic E-state index is -0.558. The Morgan fingerprint density at radius 1 is 1.22 bits per heavy atom. The molecule has 0 aromatic heterocycles. The molecule has 0 bridgehead atoms. The van der Waals surface area contributed by atoms with Gasteiger partial charge in [-0.25, -0.2) is 4.39 Å². The Bertz CT molecular complexity index is 1180. The third-order valence-corrected chi connectivity index (χ3v) is 7.77. The summed E-state index contributed by atoms with van der Waals surface area (Å²) >= 11 is 12.5. The Hall–Kier alpha value is -2.72. The van der Waals surface area contributed by atoms with Crippen molar-refractivity contribution in [3.05, 3.63) is 57.8 Å². The normalized spacial score (nSPS) is 19.0. The summed E-state index contributed by atoms with van der Waals surface area (Å²) in [6.45, 7) is 3.06. The molecule has 0 saturated carbocycles. The average Bonchev–Trinajstić information content (AvgIpc) is 2.90. The Morgan fingerprint density at radius 3 is 2.70 bits per heavy atom. The highest BCUT2D eigenvalue weighted by atomic mass is 35.5. The van der Waals surface area contributed by atoms with Crippen molar-refractivity contribution < 1.29 is 9.18 Å². The number of hydrogen-bond acceptors (Lipinski definition) is 7. The van der Waals surface area contributed by atoms with E-state index in [1.807, 2.05) is 36.2 Å². The van der Waals surface area contributed by atoms with E-state index in [2.05, 4.69) is 20.5 Å². The monoisotopic (exact) mass is 547 g/mol. The van der Waals surface area contributed by atoms with E-state index < -0.39 is 17.8 Å². The van der Waals surface area contributed by atoms with Gasteiger partial charge in [0.15, 0.2) is 0 Å². The van der Waals surface area contributed by atoms with Gasteiger partial charge in [0, 0.05) is 60.6 Å². The third-order valence-electron chi connectivity index (χ3n) is 7.01. The fraction of sp³-hybridized carbons (Fsp3) is 0.423. The van der Waals surface area contributed by atoms with Crippen LogP contribution in [-0.2, 0) is 11.3 Å². The molecule has 2 aliphatic rings. The lowest BCUT2D eigenvalue weighted by Gasteiger charge is -2.34. The Morgan fingerprint density at radius 2 is 1.97 bits per heavy atom. The highest BCUT2D eigenvalue weighted by Crippen LogP contribution is 2.30. The fourth-order valence-corrected chi connectivity index (χ4v) is 5.29. The van der Waals surface area contributed by atoms with E-state index in [0.29, 0.717) is 41.2 Å². The predicted octanol–water partition coefficient (Wildman–Crippen LogP) is 3.91. The lowest BCUT2D eigenvalue weighted by Crippen LogP contribution is -2.50. The van der Waals surface area contributed by atoms with Crippen LogP contribution in [0.1, 0.15) is 24.8 Å². The van der Waals surface area contributed by atoms with E-state index in [1.54, 1.807) is 0 Å². The number of piperidine rings is 1. The molecule has 1 unspecified atom stereocenters. The highest BCUT2D eigenvalue weighted by molar-refractivity contribution is 6.42. The molecule has 1 saturated heterocycles. The first-order chi connectivity index (χ1) is 17.8. The molecule has 0 aliphatic carbocycles. The zero-order chi connectivity index (χ0) is 26.5. The van der Waals surface area contributed by atoms with Crippen LogP contribution in [0.4, 0.5) is 15.8 Å². The number of carbonyl (C=O) groups is 1. The number of amidine groups is 1. The van der Waals surface area contributed by atoms with Crippen molar-refractivity contribution in [2.45, 2.75) is 37.9 Å².